The maximum Gasteiger partial charge on any atom is 0.335 e. The van der Waals surface area contributed by atoms with E-state index in [1.54, 1.807) is 0 Å². The van der Waals surface area contributed by atoms with E-state index in [0.717, 1.165) is 5.92 Å². The molecule has 0 saturated carbocycles. The first kappa shape index (κ1) is 10.8. The quantitative estimate of drug-likeness (QED) is 0.546. The SMILES string of the molecule is CC1CCN(C)CC1.O=S=O. The van der Waals surface area contributed by atoms with Crippen molar-refractivity contribution >= 4 is 11.6 Å². The molecule has 0 aromatic heterocycles. The summed E-state index contributed by atoms with van der Waals surface area (Å²) in [7, 11) is 2.20. The van der Waals surface area contributed by atoms with Crippen LogP contribution in [-0.4, -0.2) is 33.5 Å². The lowest BCUT2D eigenvalue weighted by Crippen LogP contribution is -2.28. The summed E-state index contributed by atoms with van der Waals surface area (Å²) in [6, 6.07) is 0. The first-order valence-corrected chi connectivity index (χ1v) is 4.47. The van der Waals surface area contributed by atoms with Crippen molar-refractivity contribution in [1.82, 2.24) is 4.90 Å². The smallest absolute Gasteiger partial charge is 0.306 e. The molecule has 0 N–H and O–H groups in total. The first-order valence-electron chi connectivity index (χ1n) is 3.81. The van der Waals surface area contributed by atoms with E-state index in [9.17, 15) is 0 Å². The van der Waals surface area contributed by atoms with Crippen molar-refractivity contribution < 1.29 is 8.42 Å². The van der Waals surface area contributed by atoms with Gasteiger partial charge in [-0.15, -0.1) is 0 Å². The van der Waals surface area contributed by atoms with Crippen LogP contribution in [0.3, 0.4) is 0 Å². The molecule has 1 fully saturated rings. The van der Waals surface area contributed by atoms with Gasteiger partial charge in [-0.1, -0.05) is 6.92 Å². The van der Waals surface area contributed by atoms with Gasteiger partial charge in [0.25, 0.3) is 0 Å². The third kappa shape index (κ3) is 6.19. The summed E-state index contributed by atoms with van der Waals surface area (Å²) in [4.78, 5) is 2.40. The Balaban J connectivity index is 0.000000292. The van der Waals surface area contributed by atoms with Crippen molar-refractivity contribution in [1.29, 1.82) is 0 Å². The normalized spacial score (nSPS) is 20.2. The van der Waals surface area contributed by atoms with Crippen LogP contribution in [0.4, 0.5) is 0 Å². The highest BCUT2D eigenvalue weighted by Crippen LogP contribution is 2.13. The Hall–Kier alpha value is -0.220. The van der Waals surface area contributed by atoms with Gasteiger partial charge < -0.3 is 4.90 Å². The monoisotopic (exact) mass is 177 g/mol. The molecule has 0 aromatic carbocycles. The van der Waals surface area contributed by atoms with Crippen molar-refractivity contribution in [2.24, 2.45) is 5.92 Å². The molecule has 66 valence electrons. The molecule has 1 aliphatic rings. The van der Waals surface area contributed by atoms with Crippen LogP contribution in [0.1, 0.15) is 19.8 Å². The second-order valence-corrected chi connectivity index (χ2v) is 3.19. The van der Waals surface area contributed by atoms with Gasteiger partial charge in [0.1, 0.15) is 0 Å². The second kappa shape index (κ2) is 6.49. The van der Waals surface area contributed by atoms with Crippen LogP contribution in [0.25, 0.3) is 0 Å². The summed E-state index contributed by atoms with van der Waals surface area (Å²) < 4.78 is 16.6. The Morgan fingerprint density at radius 2 is 1.64 bits per heavy atom. The molecule has 0 atom stereocenters. The molecule has 0 aromatic rings. The number of piperidine rings is 1. The van der Waals surface area contributed by atoms with Gasteiger partial charge in [0.05, 0.1) is 0 Å². The predicted molar refractivity (Wildman–Crippen MR) is 44.8 cm³/mol. The van der Waals surface area contributed by atoms with Crippen LogP contribution in [0.2, 0.25) is 0 Å². The van der Waals surface area contributed by atoms with Gasteiger partial charge in [0, 0.05) is 0 Å². The molecular weight excluding hydrogens is 162 g/mol. The van der Waals surface area contributed by atoms with Gasteiger partial charge >= 0.3 is 11.6 Å². The minimum Gasteiger partial charge on any atom is -0.306 e. The molecule has 1 rings (SSSR count). The van der Waals surface area contributed by atoms with E-state index < -0.39 is 11.6 Å². The molecule has 1 aliphatic heterocycles. The van der Waals surface area contributed by atoms with E-state index in [2.05, 4.69) is 18.9 Å². The van der Waals surface area contributed by atoms with Crippen molar-refractivity contribution in [2.45, 2.75) is 19.8 Å². The summed E-state index contributed by atoms with van der Waals surface area (Å²) >= 11 is -0.750. The van der Waals surface area contributed by atoms with E-state index >= 15 is 0 Å². The lowest BCUT2D eigenvalue weighted by molar-refractivity contribution is 0.230. The van der Waals surface area contributed by atoms with Crippen molar-refractivity contribution in [3.05, 3.63) is 0 Å². The minimum atomic E-state index is -0.750. The van der Waals surface area contributed by atoms with Crippen LogP contribution in [0, 0.1) is 5.92 Å². The van der Waals surface area contributed by atoms with Crippen LogP contribution in [-0.2, 0) is 11.6 Å². The average Bonchev–Trinajstić information content (AvgIpc) is 1.97. The highest BCUT2D eigenvalue weighted by atomic mass is 32.1. The third-order valence-electron chi connectivity index (χ3n) is 2.01. The third-order valence-corrected chi connectivity index (χ3v) is 2.01. The Morgan fingerprint density at radius 1 is 1.27 bits per heavy atom. The number of likely N-dealkylation sites (tertiary alicyclic amines) is 1. The lowest BCUT2D eigenvalue weighted by atomic mass is 10.00. The molecule has 0 amide bonds. The highest BCUT2D eigenvalue weighted by molar-refractivity contribution is 7.51. The topological polar surface area (TPSA) is 37.4 Å². The summed E-state index contributed by atoms with van der Waals surface area (Å²) in [5.41, 5.74) is 0. The van der Waals surface area contributed by atoms with Gasteiger partial charge in [-0.05, 0) is 38.9 Å². The molecule has 0 unspecified atom stereocenters. The molecule has 3 nitrogen and oxygen atoms in total. The zero-order chi connectivity index (χ0) is 8.69. The molecule has 4 heteroatoms. The average molecular weight is 177 g/mol. The van der Waals surface area contributed by atoms with E-state index in [0.29, 0.717) is 0 Å². The Bertz CT molecular complexity index is 116. The van der Waals surface area contributed by atoms with Gasteiger partial charge in [-0.25, -0.2) is 0 Å². The van der Waals surface area contributed by atoms with Gasteiger partial charge in [-0.3, -0.25) is 0 Å². The fraction of sp³-hybridized carbons (Fsp3) is 1.00. The number of nitrogens with zero attached hydrogens (tertiary/aromatic N) is 1. The van der Waals surface area contributed by atoms with Gasteiger partial charge in [0.2, 0.25) is 0 Å². The Labute approximate surface area is 71.4 Å². The van der Waals surface area contributed by atoms with Crippen LogP contribution in [0.15, 0.2) is 0 Å². The zero-order valence-electron chi connectivity index (χ0n) is 7.08. The van der Waals surface area contributed by atoms with E-state index in [1.165, 1.54) is 25.9 Å². The molecule has 0 aliphatic carbocycles. The minimum absolute atomic E-state index is 0.750. The fourth-order valence-electron chi connectivity index (χ4n) is 1.14. The molecule has 11 heavy (non-hydrogen) atoms. The van der Waals surface area contributed by atoms with E-state index in [4.69, 9.17) is 8.42 Å². The summed E-state index contributed by atoms with van der Waals surface area (Å²) in [5.74, 6) is 0.978. The van der Waals surface area contributed by atoms with Crippen molar-refractivity contribution in [3.63, 3.8) is 0 Å². The molecular formula is C7H15NO2S. The maximum absolute atomic E-state index is 8.29. The highest BCUT2D eigenvalue weighted by Gasteiger charge is 2.10. The van der Waals surface area contributed by atoms with Crippen molar-refractivity contribution in [3.8, 4) is 0 Å². The number of hydrogen-bond donors (Lipinski definition) is 0. The molecule has 0 radical (unpaired) electrons. The predicted octanol–water partition coefficient (Wildman–Crippen LogP) is 0.678. The zero-order valence-corrected chi connectivity index (χ0v) is 7.89. The largest absolute Gasteiger partial charge is 0.335 e. The lowest BCUT2D eigenvalue weighted by Gasteiger charge is -2.26. The standard InChI is InChI=1S/C7H15N.O2S/c1-7-3-5-8(2)6-4-7;1-3-2/h7H,3-6H2,1-2H3;. The van der Waals surface area contributed by atoms with E-state index in [-0.39, 0.29) is 0 Å². The number of hydrogen-bond acceptors (Lipinski definition) is 3. The molecule has 0 bridgehead atoms. The fourth-order valence-corrected chi connectivity index (χ4v) is 1.14. The number of rotatable bonds is 0. The van der Waals surface area contributed by atoms with Gasteiger partial charge in [-0.2, -0.15) is 8.42 Å². The summed E-state index contributed by atoms with van der Waals surface area (Å²) in [6.07, 6.45) is 2.80. The van der Waals surface area contributed by atoms with Crippen LogP contribution < -0.4 is 0 Å². The van der Waals surface area contributed by atoms with Crippen LogP contribution in [0.5, 0.6) is 0 Å². The van der Waals surface area contributed by atoms with Gasteiger partial charge in [0.15, 0.2) is 0 Å². The van der Waals surface area contributed by atoms with Crippen molar-refractivity contribution in [2.75, 3.05) is 20.1 Å². The first-order chi connectivity index (χ1) is 5.20. The van der Waals surface area contributed by atoms with E-state index in [1.807, 2.05) is 0 Å². The molecule has 0 spiro atoms. The summed E-state index contributed by atoms with van der Waals surface area (Å²) in [6.45, 7) is 4.95. The maximum atomic E-state index is 8.29. The second-order valence-electron chi connectivity index (χ2n) is 3.05. The molecule has 1 saturated heterocycles. The Kier molecular flexibility index (Phi) is 6.36. The summed E-state index contributed by atoms with van der Waals surface area (Å²) in [5, 5.41) is 0. The molecule has 1 heterocycles. The van der Waals surface area contributed by atoms with Crippen LogP contribution >= 0.6 is 0 Å². The Morgan fingerprint density at radius 3 is 1.91 bits per heavy atom.